The zero-order valence-corrected chi connectivity index (χ0v) is 11.4. The molecule has 0 amide bonds. The van der Waals surface area contributed by atoms with Crippen molar-refractivity contribution in [3.8, 4) is 17.0 Å². The molecule has 0 unspecified atom stereocenters. The molecule has 0 spiro atoms. The summed E-state index contributed by atoms with van der Waals surface area (Å²) in [6.07, 6.45) is 0. The van der Waals surface area contributed by atoms with Gasteiger partial charge in [-0.1, -0.05) is 19.0 Å². The van der Waals surface area contributed by atoms with Gasteiger partial charge in [0.15, 0.2) is 5.75 Å². The van der Waals surface area contributed by atoms with Crippen molar-refractivity contribution in [2.24, 2.45) is 0 Å². The van der Waals surface area contributed by atoms with Gasteiger partial charge in [0.05, 0.1) is 12.0 Å². The van der Waals surface area contributed by atoms with Gasteiger partial charge < -0.3 is 15.0 Å². The topological polar surface area (TPSA) is 104 Å². The largest absolute Gasteiger partial charge is 0.490 e. The first kappa shape index (κ1) is 13.9. The van der Waals surface area contributed by atoms with Crippen LogP contribution in [-0.2, 0) is 0 Å². The highest BCUT2D eigenvalue weighted by Crippen LogP contribution is 2.37. The molecule has 1 aromatic carbocycles. The van der Waals surface area contributed by atoms with E-state index in [0.717, 1.165) is 5.56 Å². The zero-order chi connectivity index (χ0) is 14.9. The van der Waals surface area contributed by atoms with Gasteiger partial charge in [-0.15, -0.1) is 0 Å². The monoisotopic (exact) mass is 277 g/mol. The fraction of sp³-hybridized carbons (Fsp3) is 0.308. The smallest absolute Gasteiger partial charge is 0.310 e. The first-order valence-electron chi connectivity index (χ1n) is 6.03. The number of hydrogen-bond acceptors (Lipinski definition) is 6. The van der Waals surface area contributed by atoms with Crippen molar-refractivity contribution in [2.75, 3.05) is 12.8 Å². The van der Waals surface area contributed by atoms with Gasteiger partial charge >= 0.3 is 5.69 Å². The van der Waals surface area contributed by atoms with E-state index in [1.807, 2.05) is 13.8 Å². The van der Waals surface area contributed by atoms with E-state index in [2.05, 4.69) is 5.16 Å². The third-order valence-electron chi connectivity index (χ3n) is 2.98. The molecule has 0 aliphatic heterocycles. The Bertz CT molecular complexity index is 649. The van der Waals surface area contributed by atoms with Gasteiger partial charge in [-0.3, -0.25) is 10.1 Å². The number of aromatic nitrogens is 1. The summed E-state index contributed by atoms with van der Waals surface area (Å²) in [5, 5.41) is 14.8. The van der Waals surface area contributed by atoms with E-state index in [1.165, 1.54) is 13.2 Å². The highest BCUT2D eigenvalue weighted by Gasteiger charge is 2.21. The lowest BCUT2D eigenvalue weighted by Crippen LogP contribution is -1.97. The summed E-state index contributed by atoms with van der Waals surface area (Å²) in [5.74, 6) is 0.550. The van der Waals surface area contributed by atoms with Gasteiger partial charge in [0, 0.05) is 17.2 Å². The first-order valence-corrected chi connectivity index (χ1v) is 6.03. The molecule has 1 heterocycles. The summed E-state index contributed by atoms with van der Waals surface area (Å²) in [6, 6.07) is 4.54. The van der Waals surface area contributed by atoms with Crippen molar-refractivity contribution in [1.82, 2.24) is 5.16 Å². The molecule has 0 fully saturated rings. The minimum Gasteiger partial charge on any atom is -0.490 e. The fourth-order valence-electron chi connectivity index (χ4n) is 2.05. The van der Waals surface area contributed by atoms with Crippen LogP contribution in [0.1, 0.15) is 25.3 Å². The van der Waals surface area contributed by atoms with Crippen molar-refractivity contribution in [1.29, 1.82) is 0 Å². The number of nitrogen functional groups attached to an aromatic ring is 1. The number of nitrogens with two attached hydrogens (primary N) is 1. The van der Waals surface area contributed by atoms with E-state index in [0.29, 0.717) is 11.3 Å². The molecule has 106 valence electrons. The molecular weight excluding hydrogens is 262 g/mol. The SMILES string of the molecule is COc1cc(-c2noc(N)c2C(C)C)ccc1[N+](=O)[O-]. The quantitative estimate of drug-likeness (QED) is 0.680. The molecular formula is C13H15N3O4. The van der Waals surface area contributed by atoms with Crippen LogP contribution >= 0.6 is 0 Å². The number of hydrogen-bond donors (Lipinski definition) is 1. The van der Waals surface area contributed by atoms with Crippen molar-refractivity contribution >= 4 is 11.6 Å². The average Bonchev–Trinajstić information content (AvgIpc) is 2.79. The van der Waals surface area contributed by atoms with Crippen molar-refractivity contribution < 1.29 is 14.2 Å². The van der Waals surface area contributed by atoms with E-state index < -0.39 is 4.92 Å². The average molecular weight is 277 g/mol. The van der Waals surface area contributed by atoms with Gasteiger partial charge in [-0.2, -0.15) is 0 Å². The van der Waals surface area contributed by atoms with Crippen LogP contribution in [0.5, 0.6) is 5.75 Å². The molecule has 0 radical (unpaired) electrons. The summed E-state index contributed by atoms with van der Waals surface area (Å²) in [4.78, 5) is 10.4. The number of methoxy groups -OCH3 is 1. The number of nitrogens with zero attached hydrogens (tertiary/aromatic N) is 2. The normalized spacial score (nSPS) is 10.8. The highest BCUT2D eigenvalue weighted by molar-refractivity contribution is 5.71. The molecule has 0 atom stereocenters. The van der Waals surface area contributed by atoms with Crippen molar-refractivity contribution in [3.63, 3.8) is 0 Å². The van der Waals surface area contributed by atoms with Crippen LogP contribution in [0.25, 0.3) is 11.3 Å². The molecule has 7 heteroatoms. The minimum absolute atomic E-state index is 0.0983. The summed E-state index contributed by atoms with van der Waals surface area (Å²) < 4.78 is 10.1. The first-order chi connectivity index (χ1) is 9.45. The second-order valence-corrected chi connectivity index (χ2v) is 4.61. The molecule has 2 rings (SSSR count). The predicted molar refractivity (Wildman–Crippen MR) is 73.6 cm³/mol. The minimum atomic E-state index is -0.497. The third-order valence-corrected chi connectivity index (χ3v) is 2.98. The maximum absolute atomic E-state index is 10.9. The molecule has 0 saturated carbocycles. The van der Waals surface area contributed by atoms with Crippen molar-refractivity contribution in [2.45, 2.75) is 19.8 Å². The van der Waals surface area contributed by atoms with E-state index >= 15 is 0 Å². The number of benzene rings is 1. The van der Waals surface area contributed by atoms with Gasteiger partial charge in [-0.25, -0.2) is 0 Å². The molecule has 0 bridgehead atoms. The molecule has 0 aliphatic carbocycles. The number of ether oxygens (including phenoxy) is 1. The molecule has 20 heavy (non-hydrogen) atoms. The van der Waals surface area contributed by atoms with Gasteiger partial charge in [0.25, 0.3) is 0 Å². The van der Waals surface area contributed by atoms with Gasteiger partial charge in [0.2, 0.25) is 5.88 Å². The number of nitro groups is 1. The molecule has 2 aromatic rings. The Labute approximate surface area is 115 Å². The maximum Gasteiger partial charge on any atom is 0.310 e. The Morgan fingerprint density at radius 3 is 2.70 bits per heavy atom. The van der Waals surface area contributed by atoms with E-state index in [-0.39, 0.29) is 23.2 Å². The van der Waals surface area contributed by atoms with Gasteiger partial charge in [0.1, 0.15) is 5.69 Å². The molecule has 2 N–H and O–H groups in total. The molecule has 7 nitrogen and oxygen atoms in total. The second kappa shape index (κ2) is 5.20. The lowest BCUT2D eigenvalue weighted by Gasteiger charge is -2.07. The van der Waals surface area contributed by atoms with E-state index in [1.54, 1.807) is 12.1 Å². The Morgan fingerprint density at radius 1 is 1.45 bits per heavy atom. The summed E-state index contributed by atoms with van der Waals surface area (Å²) in [7, 11) is 1.38. The van der Waals surface area contributed by atoms with Crippen LogP contribution in [-0.4, -0.2) is 17.2 Å². The van der Waals surface area contributed by atoms with E-state index in [9.17, 15) is 10.1 Å². The number of nitro benzene ring substituents is 1. The summed E-state index contributed by atoms with van der Waals surface area (Å²) >= 11 is 0. The van der Waals surface area contributed by atoms with Gasteiger partial charge in [-0.05, 0) is 18.1 Å². The Balaban J connectivity index is 2.57. The fourth-order valence-corrected chi connectivity index (χ4v) is 2.05. The summed E-state index contributed by atoms with van der Waals surface area (Å²) in [5.41, 5.74) is 7.68. The molecule has 0 aliphatic rings. The predicted octanol–water partition coefficient (Wildman–Crippen LogP) is 2.96. The maximum atomic E-state index is 10.9. The van der Waals surface area contributed by atoms with Crippen molar-refractivity contribution in [3.05, 3.63) is 33.9 Å². The standard InChI is InChI=1S/C13H15N3O4/c1-7(2)11-12(15-20-13(11)14)8-4-5-9(16(17)18)10(6-8)19-3/h4-7H,14H2,1-3H3. The Morgan fingerprint density at radius 2 is 2.15 bits per heavy atom. The van der Waals surface area contributed by atoms with Crippen LogP contribution in [0.2, 0.25) is 0 Å². The summed E-state index contributed by atoms with van der Waals surface area (Å²) in [6.45, 7) is 3.93. The lowest BCUT2D eigenvalue weighted by molar-refractivity contribution is -0.385. The molecule has 1 aromatic heterocycles. The Kier molecular flexibility index (Phi) is 3.60. The van der Waals surface area contributed by atoms with Crippen LogP contribution in [0.3, 0.4) is 0 Å². The van der Waals surface area contributed by atoms with E-state index in [4.69, 9.17) is 15.0 Å². The molecule has 0 saturated heterocycles. The van der Waals surface area contributed by atoms with Crippen LogP contribution in [0.15, 0.2) is 22.7 Å². The Hall–Kier alpha value is -2.57. The lowest BCUT2D eigenvalue weighted by atomic mass is 9.98. The third kappa shape index (κ3) is 2.29. The second-order valence-electron chi connectivity index (χ2n) is 4.61. The zero-order valence-electron chi connectivity index (χ0n) is 11.4. The van der Waals surface area contributed by atoms with Crippen LogP contribution in [0, 0.1) is 10.1 Å². The number of rotatable bonds is 4. The number of anilines is 1. The van der Waals surface area contributed by atoms with Crippen LogP contribution < -0.4 is 10.5 Å². The highest BCUT2D eigenvalue weighted by atomic mass is 16.6. The van der Waals surface area contributed by atoms with Crippen LogP contribution in [0.4, 0.5) is 11.6 Å².